The van der Waals surface area contributed by atoms with E-state index >= 15 is 0 Å². The molecule has 0 heterocycles. The Bertz CT molecular complexity index is 578. The number of benzene rings is 1. The molecule has 2 N–H and O–H groups in total. The molecule has 0 saturated heterocycles. The summed E-state index contributed by atoms with van der Waals surface area (Å²) in [7, 11) is -1.79. The quantitative estimate of drug-likeness (QED) is 0.861. The minimum absolute atomic E-state index is 0.383. The summed E-state index contributed by atoms with van der Waals surface area (Å²) in [5, 5.41) is 0. The third kappa shape index (κ3) is 2.62. The zero-order valence-electron chi connectivity index (χ0n) is 12.0. The van der Waals surface area contributed by atoms with E-state index in [4.69, 9.17) is 5.73 Å². The van der Waals surface area contributed by atoms with Gasteiger partial charge in [-0.1, -0.05) is 0 Å². The molecule has 0 aromatic heterocycles. The fourth-order valence-electron chi connectivity index (χ4n) is 2.35. The molecule has 1 aromatic carbocycles. The van der Waals surface area contributed by atoms with Gasteiger partial charge in [0.25, 0.3) is 0 Å². The number of nitrogens with two attached hydrogens (primary N) is 1. The van der Waals surface area contributed by atoms with Gasteiger partial charge in [0, 0.05) is 19.3 Å². The number of nitrogen functional groups attached to an aromatic ring is 1. The third-order valence-electron chi connectivity index (χ3n) is 3.96. The van der Waals surface area contributed by atoms with Gasteiger partial charge in [0.05, 0.1) is 4.90 Å². The molecule has 1 aliphatic carbocycles. The van der Waals surface area contributed by atoms with Crippen molar-refractivity contribution >= 4 is 15.7 Å². The van der Waals surface area contributed by atoms with Crippen LogP contribution >= 0.6 is 0 Å². The summed E-state index contributed by atoms with van der Waals surface area (Å²) < 4.78 is 26.9. The van der Waals surface area contributed by atoms with Crippen molar-refractivity contribution in [3.05, 3.63) is 22.8 Å². The van der Waals surface area contributed by atoms with Crippen LogP contribution in [0.3, 0.4) is 0 Å². The van der Waals surface area contributed by atoms with E-state index in [1.54, 1.807) is 14.0 Å². The van der Waals surface area contributed by atoms with E-state index < -0.39 is 10.0 Å². The standard InChI is InChI=1S/C14H22N2O2S/c1-9-7-13(15)11(3)14(10(9)2)19(17,18)16(4)8-12-5-6-12/h7,12H,5-6,8,15H2,1-4H3. The van der Waals surface area contributed by atoms with Crippen LogP contribution in [0.5, 0.6) is 0 Å². The molecule has 19 heavy (non-hydrogen) atoms. The highest BCUT2D eigenvalue weighted by molar-refractivity contribution is 7.89. The molecule has 0 aliphatic heterocycles. The van der Waals surface area contributed by atoms with Crippen LogP contribution in [0.1, 0.15) is 29.5 Å². The number of nitrogens with zero attached hydrogens (tertiary/aromatic N) is 1. The van der Waals surface area contributed by atoms with Crippen molar-refractivity contribution in [2.24, 2.45) is 5.92 Å². The van der Waals surface area contributed by atoms with Crippen LogP contribution < -0.4 is 5.73 Å². The highest BCUT2D eigenvalue weighted by Gasteiger charge is 2.31. The number of hydrogen-bond acceptors (Lipinski definition) is 3. The number of hydrogen-bond donors (Lipinski definition) is 1. The number of anilines is 1. The molecule has 0 radical (unpaired) electrons. The molecular weight excluding hydrogens is 260 g/mol. The lowest BCUT2D eigenvalue weighted by atomic mass is 10.1. The van der Waals surface area contributed by atoms with Gasteiger partial charge in [0.15, 0.2) is 0 Å². The van der Waals surface area contributed by atoms with Gasteiger partial charge in [-0.25, -0.2) is 12.7 Å². The van der Waals surface area contributed by atoms with E-state index in [1.165, 1.54) is 4.31 Å². The van der Waals surface area contributed by atoms with E-state index in [0.717, 1.165) is 24.0 Å². The minimum Gasteiger partial charge on any atom is -0.398 e. The molecule has 106 valence electrons. The Morgan fingerprint density at radius 3 is 2.37 bits per heavy atom. The lowest BCUT2D eigenvalue weighted by Gasteiger charge is -2.21. The normalized spacial score (nSPS) is 16.1. The first kappa shape index (κ1) is 14.3. The van der Waals surface area contributed by atoms with E-state index in [9.17, 15) is 8.42 Å². The Hall–Kier alpha value is -1.07. The van der Waals surface area contributed by atoms with E-state index in [2.05, 4.69) is 0 Å². The average Bonchev–Trinajstić information content (AvgIpc) is 3.10. The predicted molar refractivity (Wildman–Crippen MR) is 77.6 cm³/mol. The summed E-state index contributed by atoms with van der Waals surface area (Å²) in [6.07, 6.45) is 2.27. The van der Waals surface area contributed by atoms with Gasteiger partial charge in [-0.15, -0.1) is 0 Å². The molecule has 5 heteroatoms. The highest BCUT2D eigenvalue weighted by Crippen LogP contribution is 2.33. The average molecular weight is 282 g/mol. The van der Waals surface area contributed by atoms with Gasteiger partial charge in [0.2, 0.25) is 10.0 Å². The van der Waals surface area contributed by atoms with Gasteiger partial charge in [0.1, 0.15) is 0 Å². The summed E-state index contributed by atoms with van der Waals surface area (Å²) >= 11 is 0. The monoisotopic (exact) mass is 282 g/mol. The Morgan fingerprint density at radius 2 is 1.84 bits per heavy atom. The van der Waals surface area contributed by atoms with Gasteiger partial charge in [-0.3, -0.25) is 0 Å². The Kier molecular flexibility index (Phi) is 3.62. The van der Waals surface area contributed by atoms with Crippen molar-refractivity contribution in [3.63, 3.8) is 0 Å². The van der Waals surface area contributed by atoms with E-state index in [-0.39, 0.29) is 0 Å². The number of rotatable bonds is 4. The number of sulfonamides is 1. The number of aryl methyl sites for hydroxylation is 1. The molecule has 0 spiro atoms. The minimum atomic E-state index is -3.45. The maximum absolute atomic E-state index is 12.7. The zero-order chi connectivity index (χ0) is 14.4. The Morgan fingerprint density at radius 1 is 1.26 bits per heavy atom. The maximum atomic E-state index is 12.7. The zero-order valence-corrected chi connectivity index (χ0v) is 12.8. The molecule has 0 unspecified atom stereocenters. The first-order valence-corrected chi connectivity index (χ1v) is 8.01. The summed E-state index contributed by atoms with van der Waals surface area (Å²) in [4.78, 5) is 0.383. The van der Waals surface area contributed by atoms with Crippen molar-refractivity contribution in [1.82, 2.24) is 4.31 Å². The predicted octanol–water partition coefficient (Wildman–Crippen LogP) is 2.22. The summed E-state index contributed by atoms with van der Waals surface area (Å²) in [5.74, 6) is 0.530. The van der Waals surface area contributed by atoms with E-state index in [1.807, 2.05) is 19.9 Å². The van der Waals surface area contributed by atoms with Crippen molar-refractivity contribution in [3.8, 4) is 0 Å². The second-order valence-electron chi connectivity index (χ2n) is 5.59. The van der Waals surface area contributed by atoms with Crippen LogP contribution in [-0.4, -0.2) is 26.3 Å². The second-order valence-corrected chi connectivity index (χ2v) is 7.57. The van der Waals surface area contributed by atoms with Crippen molar-refractivity contribution in [2.45, 2.75) is 38.5 Å². The van der Waals surface area contributed by atoms with Crippen molar-refractivity contribution < 1.29 is 8.42 Å². The van der Waals surface area contributed by atoms with Crippen LogP contribution in [0.4, 0.5) is 5.69 Å². The van der Waals surface area contributed by atoms with Crippen LogP contribution in [-0.2, 0) is 10.0 Å². The molecule has 1 saturated carbocycles. The van der Waals surface area contributed by atoms with Gasteiger partial charge < -0.3 is 5.73 Å². The van der Waals surface area contributed by atoms with Crippen LogP contribution in [0.2, 0.25) is 0 Å². The fraction of sp³-hybridized carbons (Fsp3) is 0.571. The summed E-state index contributed by atoms with van der Waals surface area (Å²) in [5.41, 5.74) is 8.84. The first-order valence-electron chi connectivity index (χ1n) is 6.57. The smallest absolute Gasteiger partial charge is 0.243 e. The molecule has 0 bridgehead atoms. The largest absolute Gasteiger partial charge is 0.398 e. The first-order chi connectivity index (χ1) is 8.75. The summed E-state index contributed by atoms with van der Waals surface area (Å²) in [6.45, 7) is 6.12. The molecule has 2 rings (SSSR count). The topological polar surface area (TPSA) is 63.4 Å². The SMILES string of the molecule is Cc1cc(N)c(C)c(S(=O)(=O)N(C)CC2CC2)c1C. The molecule has 1 aliphatic rings. The lowest BCUT2D eigenvalue weighted by Crippen LogP contribution is -2.30. The molecule has 1 fully saturated rings. The van der Waals surface area contributed by atoms with Gasteiger partial charge >= 0.3 is 0 Å². The Balaban J connectivity index is 2.50. The molecule has 0 atom stereocenters. The van der Waals surface area contributed by atoms with Gasteiger partial charge in [-0.2, -0.15) is 0 Å². The van der Waals surface area contributed by atoms with Crippen LogP contribution in [0.15, 0.2) is 11.0 Å². The molecular formula is C14H22N2O2S. The van der Waals surface area contributed by atoms with Crippen molar-refractivity contribution in [1.29, 1.82) is 0 Å². The van der Waals surface area contributed by atoms with Crippen LogP contribution in [0, 0.1) is 26.7 Å². The van der Waals surface area contributed by atoms with Crippen LogP contribution in [0.25, 0.3) is 0 Å². The maximum Gasteiger partial charge on any atom is 0.243 e. The molecule has 4 nitrogen and oxygen atoms in total. The lowest BCUT2D eigenvalue weighted by molar-refractivity contribution is 0.452. The van der Waals surface area contributed by atoms with Crippen molar-refractivity contribution in [2.75, 3.05) is 19.3 Å². The fourth-order valence-corrected chi connectivity index (χ4v) is 4.12. The second kappa shape index (κ2) is 4.80. The van der Waals surface area contributed by atoms with Gasteiger partial charge in [-0.05, 0) is 62.3 Å². The molecule has 0 amide bonds. The summed E-state index contributed by atoms with van der Waals surface area (Å²) in [6, 6.07) is 1.84. The Labute approximate surface area is 115 Å². The third-order valence-corrected chi connectivity index (χ3v) is 6.06. The van der Waals surface area contributed by atoms with E-state index in [0.29, 0.717) is 28.6 Å². The highest BCUT2D eigenvalue weighted by atomic mass is 32.2. The molecule has 1 aromatic rings.